The first-order chi connectivity index (χ1) is 11.9. The third kappa shape index (κ3) is 3.78. The number of para-hydroxylation sites is 1. The number of benzene rings is 2. The molecule has 25 heavy (non-hydrogen) atoms. The molecule has 0 saturated carbocycles. The van der Waals surface area contributed by atoms with E-state index in [9.17, 15) is 14.7 Å². The number of hydrogen-bond donors (Lipinski definition) is 3. The second kappa shape index (κ2) is 6.92. The average Bonchev–Trinajstić information content (AvgIpc) is 3.00. The Hall–Kier alpha value is -2.90. The summed E-state index contributed by atoms with van der Waals surface area (Å²) in [6.07, 6.45) is 0. The first-order valence-corrected chi connectivity index (χ1v) is 7.86. The highest BCUT2D eigenvalue weighted by Gasteiger charge is 2.16. The second-order valence-electron chi connectivity index (χ2n) is 5.05. The Kier molecular flexibility index (Phi) is 4.69. The van der Waals surface area contributed by atoms with Gasteiger partial charge < -0.3 is 14.8 Å². The third-order valence-electron chi connectivity index (χ3n) is 3.34. The maximum Gasteiger partial charge on any atom is 0.337 e. The molecule has 6 nitrogen and oxygen atoms in total. The van der Waals surface area contributed by atoms with Crippen molar-refractivity contribution in [1.29, 1.82) is 0 Å². The Balaban J connectivity index is 1.74. The van der Waals surface area contributed by atoms with Gasteiger partial charge >= 0.3 is 5.97 Å². The van der Waals surface area contributed by atoms with Crippen molar-refractivity contribution in [3.8, 4) is 0 Å². The molecule has 126 valence electrons. The van der Waals surface area contributed by atoms with Crippen LogP contribution < -0.4 is 10.6 Å². The van der Waals surface area contributed by atoms with Crippen LogP contribution in [0.1, 0.15) is 20.9 Å². The van der Waals surface area contributed by atoms with Crippen LogP contribution in [0.3, 0.4) is 0 Å². The molecule has 0 radical (unpaired) electrons. The molecule has 0 spiro atoms. The predicted octanol–water partition coefficient (Wildman–Crippen LogP) is 3.91. The number of furan rings is 1. The van der Waals surface area contributed by atoms with Crippen molar-refractivity contribution in [2.75, 3.05) is 5.32 Å². The lowest BCUT2D eigenvalue weighted by Crippen LogP contribution is -2.34. The highest BCUT2D eigenvalue weighted by molar-refractivity contribution is 7.80. The van der Waals surface area contributed by atoms with E-state index in [1.165, 1.54) is 18.2 Å². The monoisotopic (exact) mass is 374 g/mol. The largest absolute Gasteiger partial charge is 0.478 e. The molecule has 1 heterocycles. The van der Waals surface area contributed by atoms with Crippen molar-refractivity contribution in [3.05, 3.63) is 64.9 Å². The van der Waals surface area contributed by atoms with E-state index in [1.807, 2.05) is 12.1 Å². The number of halogens is 1. The SMILES string of the molecule is O=C(NC(=S)Nc1ccc(Cl)cc1C(=O)O)c1cc2ccccc2o1. The normalized spacial score (nSPS) is 10.4. The van der Waals surface area contributed by atoms with Gasteiger partial charge in [-0.1, -0.05) is 29.8 Å². The smallest absolute Gasteiger partial charge is 0.337 e. The lowest BCUT2D eigenvalue weighted by molar-refractivity contribution is 0.0698. The zero-order valence-corrected chi connectivity index (χ0v) is 14.1. The topological polar surface area (TPSA) is 91.6 Å². The summed E-state index contributed by atoms with van der Waals surface area (Å²) in [5.41, 5.74) is 0.733. The number of anilines is 1. The number of hydrogen-bond acceptors (Lipinski definition) is 4. The number of carbonyl (C=O) groups is 2. The Morgan fingerprint density at radius 3 is 2.60 bits per heavy atom. The molecule has 3 rings (SSSR count). The maximum absolute atomic E-state index is 12.2. The number of carbonyl (C=O) groups excluding carboxylic acids is 1. The third-order valence-corrected chi connectivity index (χ3v) is 3.78. The van der Waals surface area contributed by atoms with Gasteiger partial charge in [-0.15, -0.1) is 0 Å². The Bertz CT molecular complexity index is 966. The number of rotatable bonds is 3. The van der Waals surface area contributed by atoms with E-state index in [2.05, 4.69) is 10.6 Å². The van der Waals surface area contributed by atoms with Crippen molar-refractivity contribution in [2.24, 2.45) is 0 Å². The molecule has 8 heteroatoms. The summed E-state index contributed by atoms with van der Waals surface area (Å²) in [4.78, 5) is 23.5. The molecule has 1 aromatic heterocycles. The first kappa shape index (κ1) is 16.9. The maximum atomic E-state index is 12.2. The van der Waals surface area contributed by atoms with Crippen molar-refractivity contribution in [1.82, 2.24) is 5.32 Å². The number of nitrogens with one attached hydrogen (secondary N) is 2. The Morgan fingerprint density at radius 1 is 1.12 bits per heavy atom. The van der Waals surface area contributed by atoms with E-state index in [0.29, 0.717) is 5.58 Å². The molecule has 0 aliphatic carbocycles. The molecule has 0 unspecified atom stereocenters. The zero-order valence-electron chi connectivity index (χ0n) is 12.6. The van der Waals surface area contributed by atoms with E-state index in [1.54, 1.807) is 18.2 Å². The minimum atomic E-state index is -1.17. The van der Waals surface area contributed by atoms with E-state index in [-0.39, 0.29) is 27.1 Å². The summed E-state index contributed by atoms with van der Waals surface area (Å²) < 4.78 is 5.45. The fourth-order valence-electron chi connectivity index (χ4n) is 2.21. The van der Waals surface area contributed by atoms with Crippen LogP contribution in [0.5, 0.6) is 0 Å². The highest BCUT2D eigenvalue weighted by atomic mass is 35.5. The Morgan fingerprint density at radius 2 is 1.88 bits per heavy atom. The molecule has 3 N–H and O–H groups in total. The van der Waals surface area contributed by atoms with E-state index in [0.717, 1.165) is 5.39 Å². The van der Waals surface area contributed by atoms with Crippen LogP contribution >= 0.6 is 23.8 Å². The quantitative estimate of drug-likeness (QED) is 0.602. The predicted molar refractivity (Wildman–Crippen MR) is 98.3 cm³/mol. The number of aromatic carboxylic acids is 1. The van der Waals surface area contributed by atoms with Gasteiger partial charge in [0, 0.05) is 10.4 Å². The van der Waals surface area contributed by atoms with Crippen LogP contribution in [0.4, 0.5) is 5.69 Å². The fraction of sp³-hybridized carbons (Fsp3) is 0. The number of thiocarbonyl (C=S) groups is 1. The van der Waals surface area contributed by atoms with Crippen LogP contribution in [-0.4, -0.2) is 22.1 Å². The molecule has 3 aromatic rings. The molecule has 0 atom stereocenters. The van der Waals surface area contributed by atoms with Gasteiger partial charge in [-0.05, 0) is 42.5 Å². The first-order valence-electron chi connectivity index (χ1n) is 7.08. The van der Waals surface area contributed by atoms with Crippen molar-refractivity contribution >= 4 is 57.5 Å². The summed E-state index contributed by atoms with van der Waals surface area (Å²) in [7, 11) is 0. The number of amides is 1. The Labute approximate surface area is 152 Å². The summed E-state index contributed by atoms with van der Waals surface area (Å²) in [6.45, 7) is 0. The zero-order chi connectivity index (χ0) is 18.0. The molecular weight excluding hydrogens is 364 g/mol. The van der Waals surface area contributed by atoms with Crippen molar-refractivity contribution in [3.63, 3.8) is 0 Å². The van der Waals surface area contributed by atoms with Gasteiger partial charge in [-0.25, -0.2) is 4.79 Å². The molecule has 0 fully saturated rings. The summed E-state index contributed by atoms with van der Waals surface area (Å²) in [5, 5.41) is 15.3. The standard InChI is InChI=1S/C17H11ClN2O4S/c18-10-5-6-12(11(8-10)16(22)23)19-17(25)20-15(21)14-7-9-3-1-2-4-13(9)24-14/h1-8H,(H,22,23)(H2,19,20,21,25). The fourth-order valence-corrected chi connectivity index (χ4v) is 2.59. The van der Waals surface area contributed by atoms with Crippen LogP contribution in [-0.2, 0) is 0 Å². The number of fused-ring (bicyclic) bond motifs is 1. The molecule has 2 aromatic carbocycles. The minimum Gasteiger partial charge on any atom is -0.478 e. The van der Waals surface area contributed by atoms with Crippen molar-refractivity contribution in [2.45, 2.75) is 0 Å². The molecule has 0 bridgehead atoms. The van der Waals surface area contributed by atoms with Crippen molar-refractivity contribution < 1.29 is 19.1 Å². The number of carboxylic acids is 1. The van der Waals surface area contributed by atoms with Crippen LogP contribution in [0, 0.1) is 0 Å². The van der Waals surface area contributed by atoms with Crippen LogP contribution in [0.2, 0.25) is 5.02 Å². The van der Waals surface area contributed by atoms with E-state index < -0.39 is 11.9 Å². The highest BCUT2D eigenvalue weighted by Crippen LogP contribution is 2.21. The molecule has 0 saturated heterocycles. The van der Waals surface area contributed by atoms with Crippen LogP contribution in [0.25, 0.3) is 11.0 Å². The van der Waals surface area contributed by atoms with Crippen LogP contribution in [0.15, 0.2) is 52.9 Å². The van der Waals surface area contributed by atoms with Gasteiger partial charge in [-0.3, -0.25) is 10.1 Å². The molecule has 1 amide bonds. The lowest BCUT2D eigenvalue weighted by Gasteiger charge is -2.11. The van der Waals surface area contributed by atoms with Gasteiger partial charge in [-0.2, -0.15) is 0 Å². The summed E-state index contributed by atoms with van der Waals surface area (Å²) in [6, 6.07) is 13.1. The number of carboxylic acid groups (broad SMARTS) is 1. The molecule has 0 aliphatic heterocycles. The van der Waals surface area contributed by atoms with Gasteiger partial charge in [0.15, 0.2) is 10.9 Å². The van der Waals surface area contributed by atoms with E-state index >= 15 is 0 Å². The van der Waals surface area contributed by atoms with E-state index in [4.69, 9.17) is 28.2 Å². The van der Waals surface area contributed by atoms with Gasteiger partial charge in [0.25, 0.3) is 5.91 Å². The second-order valence-corrected chi connectivity index (χ2v) is 5.90. The summed E-state index contributed by atoms with van der Waals surface area (Å²) >= 11 is 10.9. The summed E-state index contributed by atoms with van der Waals surface area (Å²) in [5.74, 6) is -1.61. The average molecular weight is 375 g/mol. The molecular formula is C17H11ClN2O4S. The van der Waals surface area contributed by atoms with Gasteiger partial charge in [0.05, 0.1) is 11.3 Å². The molecule has 0 aliphatic rings. The van der Waals surface area contributed by atoms with Gasteiger partial charge in [0.2, 0.25) is 0 Å². The minimum absolute atomic E-state index is 0.0599. The van der Waals surface area contributed by atoms with Gasteiger partial charge in [0.1, 0.15) is 5.58 Å². The lowest BCUT2D eigenvalue weighted by atomic mass is 10.2.